The van der Waals surface area contributed by atoms with Crippen molar-refractivity contribution >= 4 is 40.5 Å². The van der Waals surface area contributed by atoms with E-state index in [0.29, 0.717) is 21.7 Å². The molecule has 0 N–H and O–H groups in total. The summed E-state index contributed by atoms with van der Waals surface area (Å²) in [5, 5.41) is 0.634. The van der Waals surface area contributed by atoms with Crippen molar-refractivity contribution in [3.05, 3.63) is 112 Å². The summed E-state index contributed by atoms with van der Waals surface area (Å²) in [5.41, 5.74) is 5.06. The number of nitrogens with zero attached hydrogens (tertiary/aromatic N) is 2. The van der Waals surface area contributed by atoms with Crippen molar-refractivity contribution in [1.82, 2.24) is 0 Å². The zero-order valence-corrected chi connectivity index (χ0v) is 19.0. The maximum absolute atomic E-state index is 12.0. The second-order valence-corrected chi connectivity index (χ2v) is 8.15. The molecule has 0 radical (unpaired) electrons. The number of aliphatic imine (C=N–C) groups is 1. The van der Waals surface area contributed by atoms with E-state index in [9.17, 15) is 14.4 Å². The Morgan fingerprint density at radius 3 is 2.24 bits per heavy atom. The minimum atomic E-state index is -0.0762. The molecular weight excluding hydrogens is 436 g/mol. The van der Waals surface area contributed by atoms with Gasteiger partial charge in [-0.3, -0.25) is 19.4 Å². The zero-order chi connectivity index (χ0) is 23.5. The lowest BCUT2D eigenvalue weighted by Crippen LogP contribution is -2.27. The number of ketones is 2. The molecule has 0 aromatic heterocycles. The van der Waals surface area contributed by atoms with Crippen molar-refractivity contribution in [1.29, 1.82) is 0 Å². The third-order valence-corrected chi connectivity index (χ3v) is 5.75. The summed E-state index contributed by atoms with van der Waals surface area (Å²) >= 11 is 6.11. The van der Waals surface area contributed by atoms with Crippen LogP contribution in [0.15, 0.2) is 89.4 Å². The number of hydrogen-bond donors (Lipinski definition) is 0. The molecule has 0 spiro atoms. The van der Waals surface area contributed by atoms with Crippen LogP contribution in [0.3, 0.4) is 0 Å². The van der Waals surface area contributed by atoms with Crippen molar-refractivity contribution < 1.29 is 14.4 Å². The Bertz CT molecular complexity index is 1330. The molecule has 164 valence electrons. The van der Waals surface area contributed by atoms with Crippen molar-refractivity contribution in [2.45, 2.75) is 6.92 Å². The van der Waals surface area contributed by atoms with Gasteiger partial charge in [-0.15, -0.1) is 0 Å². The summed E-state index contributed by atoms with van der Waals surface area (Å²) < 4.78 is 0. The molecule has 5 rings (SSSR count). The van der Waals surface area contributed by atoms with E-state index in [1.165, 1.54) is 6.08 Å². The maximum atomic E-state index is 12.0. The number of anilines is 1. The molecule has 33 heavy (non-hydrogen) atoms. The Morgan fingerprint density at radius 2 is 1.52 bits per heavy atom. The van der Waals surface area contributed by atoms with Gasteiger partial charge in [-0.05, 0) is 31.2 Å². The van der Waals surface area contributed by atoms with Crippen LogP contribution in [-0.2, 0) is 4.79 Å². The van der Waals surface area contributed by atoms with Crippen LogP contribution in [-0.4, -0.2) is 36.8 Å². The van der Waals surface area contributed by atoms with E-state index >= 15 is 0 Å². The van der Waals surface area contributed by atoms with E-state index in [0.717, 1.165) is 22.5 Å². The number of halogens is 1. The Hall–Kier alpha value is -3.83. The third-order valence-electron chi connectivity index (χ3n) is 5.51. The summed E-state index contributed by atoms with van der Waals surface area (Å²) in [6.45, 7) is 1.81. The van der Waals surface area contributed by atoms with Crippen molar-refractivity contribution in [2.75, 3.05) is 18.5 Å². The topological polar surface area (TPSA) is 66.8 Å². The molecule has 0 bridgehead atoms. The van der Waals surface area contributed by atoms with Crippen LogP contribution >= 0.6 is 11.6 Å². The van der Waals surface area contributed by atoms with Gasteiger partial charge in [0.2, 0.25) is 5.91 Å². The molecule has 0 saturated carbocycles. The first-order chi connectivity index (χ1) is 15.9. The lowest BCUT2D eigenvalue weighted by molar-refractivity contribution is -0.116. The summed E-state index contributed by atoms with van der Waals surface area (Å²) in [6, 6.07) is 22.2. The Labute approximate surface area is 197 Å². The van der Waals surface area contributed by atoms with Crippen LogP contribution in [0.4, 0.5) is 5.69 Å². The molecule has 0 atom stereocenters. The number of rotatable bonds is 1. The van der Waals surface area contributed by atoms with E-state index < -0.39 is 0 Å². The summed E-state index contributed by atoms with van der Waals surface area (Å²) in [7, 11) is 1.76. The number of hydrogen-bond acceptors (Lipinski definition) is 4. The highest BCUT2D eigenvalue weighted by molar-refractivity contribution is 6.32. The largest absolute Gasteiger partial charge is 0.313 e. The summed E-state index contributed by atoms with van der Waals surface area (Å²) in [6.07, 6.45) is 1.39. The number of fused-ring (bicyclic) bond motifs is 2. The first-order valence-corrected chi connectivity index (χ1v) is 10.8. The van der Waals surface area contributed by atoms with E-state index in [1.807, 2.05) is 42.5 Å². The Balaban J connectivity index is 0.000000172. The monoisotopic (exact) mass is 456 g/mol. The molecule has 0 saturated heterocycles. The first-order valence-electron chi connectivity index (χ1n) is 10.4. The van der Waals surface area contributed by atoms with Crippen LogP contribution in [0.25, 0.3) is 0 Å². The molecule has 2 aliphatic rings. The quantitative estimate of drug-likeness (QED) is 0.507. The fourth-order valence-corrected chi connectivity index (χ4v) is 3.93. The molecule has 1 amide bonds. The fourth-order valence-electron chi connectivity index (χ4n) is 3.75. The fraction of sp³-hybridized carbons (Fsp3) is 0.111. The van der Waals surface area contributed by atoms with Gasteiger partial charge in [-0.2, -0.15) is 0 Å². The summed E-state index contributed by atoms with van der Waals surface area (Å²) in [5.74, 6) is -0.151. The average Bonchev–Trinajstić information content (AvgIpc) is 2.95. The Kier molecular flexibility index (Phi) is 6.33. The average molecular weight is 457 g/mol. The molecule has 1 aliphatic carbocycles. The second-order valence-electron chi connectivity index (χ2n) is 7.71. The van der Waals surface area contributed by atoms with E-state index in [2.05, 4.69) is 4.99 Å². The predicted molar refractivity (Wildman–Crippen MR) is 131 cm³/mol. The molecular formula is C27H21ClN2O3. The standard InChI is InChI=1S/C16H13ClN2O.C11H8O2/c1-19-14-8-7-12(17)9-13(14)16(18-10-15(19)20)11-5-3-2-4-6-11;1-7-6-10(12)8-4-2-3-5-9(8)11(7)13/h2-9H,10H2,1H3;2-6H,1H3. The van der Waals surface area contributed by atoms with E-state index in [4.69, 9.17) is 11.6 Å². The van der Waals surface area contributed by atoms with Gasteiger partial charge in [0.1, 0.15) is 6.54 Å². The van der Waals surface area contributed by atoms with E-state index in [1.54, 1.807) is 49.2 Å². The molecule has 1 heterocycles. The van der Waals surface area contributed by atoms with Crippen molar-refractivity contribution in [3.63, 3.8) is 0 Å². The van der Waals surface area contributed by atoms with Gasteiger partial charge >= 0.3 is 0 Å². The van der Waals surface area contributed by atoms with Crippen LogP contribution in [0.1, 0.15) is 38.8 Å². The number of amides is 1. The van der Waals surface area contributed by atoms with Gasteiger partial charge < -0.3 is 4.90 Å². The molecule has 3 aromatic rings. The van der Waals surface area contributed by atoms with Crippen LogP contribution < -0.4 is 4.90 Å². The van der Waals surface area contributed by atoms with Crippen LogP contribution in [0, 0.1) is 0 Å². The smallest absolute Gasteiger partial charge is 0.248 e. The number of benzodiazepines with no additional fused rings is 1. The molecule has 5 nitrogen and oxygen atoms in total. The predicted octanol–water partition coefficient (Wildman–Crippen LogP) is 5.17. The number of carbonyl (C=O) groups is 3. The van der Waals surface area contributed by atoms with Crippen LogP contribution in [0.5, 0.6) is 0 Å². The second kappa shape index (κ2) is 9.35. The SMILES string of the molecule is CC1=CC(=O)c2ccccc2C1=O.CN1C(=O)CN=C(c2ccccc2)c2cc(Cl)ccc21. The number of likely N-dealkylation sites (N-methyl/N-ethyl adjacent to an activating group) is 1. The summed E-state index contributed by atoms with van der Waals surface area (Å²) in [4.78, 5) is 41.1. The van der Waals surface area contributed by atoms with Gasteiger partial charge in [0.25, 0.3) is 0 Å². The number of carbonyl (C=O) groups excluding carboxylic acids is 3. The molecule has 6 heteroatoms. The van der Waals surface area contributed by atoms with Crippen molar-refractivity contribution in [2.24, 2.45) is 4.99 Å². The van der Waals surface area contributed by atoms with Crippen molar-refractivity contribution in [3.8, 4) is 0 Å². The highest BCUT2D eigenvalue weighted by Gasteiger charge is 2.23. The Morgan fingerprint density at radius 1 is 0.848 bits per heavy atom. The lowest BCUT2D eigenvalue weighted by atomic mass is 9.90. The number of Topliss-reactive ketones (excluding diaryl/α,β-unsaturated/α-hetero) is 1. The molecule has 3 aromatic carbocycles. The normalized spacial score (nSPS) is 14.9. The lowest BCUT2D eigenvalue weighted by Gasteiger charge is -2.18. The van der Waals surface area contributed by atoms with Gasteiger partial charge in [0, 0.05) is 39.9 Å². The van der Waals surface area contributed by atoms with E-state index in [-0.39, 0.29) is 24.0 Å². The third kappa shape index (κ3) is 4.54. The highest BCUT2D eigenvalue weighted by atomic mass is 35.5. The molecule has 0 fully saturated rings. The zero-order valence-electron chi connectivity index (χ0n) is 18.2. The number of benzene rings is 3. The first kappa shape index (κ1) is 22.4. The molecule has 1 aliphatic heterocycles. The van der Waals surface area contributed by atoms with Gasteiger partial charge in [-0.25, -0.2) is 0 Å². The molecule has 0 unspecified atom stereocenters. The van der Waals surface area contributed by atoms with Gasteiger partial charge in [0.15, 0.2) is 11.6 Å². The maximum Gasteiger partial charge on any atom is 0.248 e. The van der Waals surface area contributed by atoms with Gasteiger partial charge in [0.05, 0.1) is 11.4 Å². The van der Waals surface area contributed by atoms with Crippen LogP contribution in [0.2, 0.25) is 5.02 Å². The highest BCUT2D eigenvalue weighted by Crippen LogP contribution is 2.28. The minimum absolute atomic E-state index is 0.0282. The minimum Gasteiger partial charge on any atom is -0.313 e. The number of allylic oxidation sites excluding steroid dienone is 2. The van der Waals surface area contributed by atoms with Gasteiger partial charge in [-0.1, -0.05) is 66.2 Å².